The molecule has 4 heteroatoms. The molecule has 1 aliphatic heterocycles. The lowest BCUT2D eigenvalue weighted by molar-refractivity contribution is -0.147. The van der Waals surface area contributed by atoms with E-state index >= 15 is 0 Å². The Labute approximate surface area is 120 Å². The average Bonchev–Trinajstić information content (AvgIpc) is 2.48. The van der Waals surface area contributed by atoms with Gasteiger partial charge in [-0.25, -0.2) is 0 Å². The van der Waals surface area contributed by atoms with Crippen LogP contribution in [0.3, 0.4) is 0 Å². The summed E-state index contributed by atoms with van der Waals surface area (Å²) in [6, 6.07) is 9.06. The molecule has 1 N–H and O–H groups in total. The van der Waals surface area contributed by atoms with Crippen molar-refractivity contribution in [2.24, 2.45) is 0 Å². The summed E-state index contributed by atoms with van der Waals surface area (Å²) in [7, 11) is 0. The van der Waals surface area contributed by atoms with Crippen molar-refractivity contribution < 1.29 is 9.59 Å². The number of amides is 2. The number of hydrogen-bond acceptors (Lipinski definition) is 2. The second-order valence-electron chi connectivity index (χ2n) is 5.23. The molecule has 1 fully saturated rings. The quantitative estimate of drug-likeness (QED) is 0.895. The van der Waals surface area contributed by atoms with E-state index in [-0.39, 0.29) is 24.4 Å². The van der Waals surface area contributed by atoms with E-state index < -0.39 is 6.04 Å². The van der Waals surface area contributed by atoms with Crippen molar-refractivity contribution in [3.63, 3.8) is 0 Å². The Morgan fingerprint density at radius 2 is 1.95 bits per heavy atom. The Morgan fingerprint density at radius 1 is 1.25 bits per heavy atom. The van der Waals surface area contributed by atoms with Gasteiger partial charge < -0.3 is 10.2 Å². The number of rotatable bonds is 5. The fourth-order valence-electron chi connectivity index (χ4n) is 2.76. The largest absolute Gasteiger partial charge is 0.339 e. The summed E-state index contributed by atoms with van der Waals surface area (Å²) in [6.07, 6.45) is 2.84. The van der Waals surface area contributed by atoms with E-state index in [1.54, 1.807) is 4.90 Å². The Hall–Kier alpha value is -1.84. The monoisotopic (exact) mass is 274 g/mol. The van der Waals surface area contributed by atoms with Gasteiger partial charge in [0.2, 0.25) is 5.91 Å². The van der Waals surface area contributed by atoms with Gasteiger partial charge in [0.25, 0.3) is 5.91 Å². The van der Waals surface area contributed by atoms with Crippen LogP contribution in [-0.2, 0) is 9.59 Å². The second-order valence-corrected chi connectivity index (χ2v) is 5.23. The van der Waals surface area contributed by atoms with E-state index in [9.17, 15) is 9.59 Å². The van der Waals surface area contributed by atoms with Crippen molar-refractivity contribution in [3.8, 4) is 0 Å². The number of benzene rings is 1. The van der Waals surface area contributed by atoms with E-state index in [0.29, 0.717) is 0 Å². The van der Waals surface area contributed by atoms with Gasteiger partial charge in [-0.1, -0.05) is 50.6 Å². The van der Waals surface area contributed by atoms with Gasteiger partial charge in [-0.2, -0.15) is 0 Å². The highest BCUT2D eigenvalue weighted by Crippen LogP contribution is 2.23. The summed E-state index contributed by atoms with van der Waals surface area (Å²) in [6.45, 7) is 4.35. The van der Waals surface area contributed by atoms with Crippen LogP contribution < -0.4 is 5.32 Å². The van der Waals surface area contributed by atoms with Crippen molar-refractivity contribution in [3.05, 3.63) is 35.9 Å². The zero-order valence-corrected chi connectivity index (χ0v) is 12.1. The first-order valence-corrected chi connectivity index (χ1v) is 7.32. The molecular formula is C16H22N2O2. The Balaban J connectivity index is 2.23. The average molecular weight is 274 g/mol. The summed E-state index contributed by atoms with van der Waals surface area (Å²) in [5.74, 6) is -0.0656. The summed E-state index contributed by atoms with van der Waals surface area (Å²) in [4.78, 5) is 26.3. The lowest BCUT2D eigenvalue weighted by Gasteiger charge is -2.37. The van der Waals surface area contributed by atoms with Crippen LogP contribution in [0.15, 0.2) is 30.3 Å². The van der Waals surface area contributed by atoms with Gasteiger partial charge in [0.15, 0.2) is 0 Å². The lowest BCUT2D eigenvalue weighted by Crippen LogP contribution is -2.56. The SMILES string of the molecule is CCCC(CC)N1CC(=O)NC(c2ccccc2)C1=O. The molecule has 2 unspecified atom stereocenters. The van der Waals surface area contributed by atoms with Crippen molar-refractivity contribution in [2.45, 2.75) is 45.2 Å². The van der Waals surface area contributed by atoms with Crippen LogP contribution in [0.2, 0.25) is 0 Å². The predicted octanol–water partition coefficient (Wildman–Crippen LogP) is 2.26. The molecule has 1 saturated heterocycles. The van der Waals surface area contributed by atoms with Gasteiger partial charge in [0.1, 0.15) is 6.04 Å². The molecule has 0 bridgehead atoms. The molecule has 0 spiro atoms. The van der Waals surface area contributed by atoms with Crippen LogP contribution in [0.5, 0.6) is 0 Å². The Bertz CT molecular complexity index is 473. The first-order valence-electron chi connectivity index (χ1n) is 7.32. The highest BCUT2D eigenvalue weighted by atomic mass is 16.2. The standard InChI is InChI=1S/C16H22N2O2/c1-3-8-13(4-2)18-11-14(19)17-15(16(18)20)12-9-6-5-7-10-12/h5-7,9-10,13,15H,3-4,8,11H2,1-2H3,(H,17,19). The minimum Gasteiger partial charge on any atom is -0.339 e. The van der Waals surface area contributed by atoms with Gasteiger partial charge in [-0.05, 0) is 18.4 Å². The van der Waals surface area contributed by atoms with Crippen LogP contribution in [0.1, 0.15) is 44.7 Å². The molecule has 1 aromatic rings. The van der Waals surface area contributed by atoms with Crippen molar-refractivity contribution in [1.29, 1.82) is 0 Å². The zero-order chi connectivity index (χ0) is 14.5. The maximum atomic E-state index is 12.7. The van der Waals surface area contributed by atoms with E-state index in [0.717, 1.165) is 24.8 Å². The van der Waals surface area contributed by atoms with Gasteiger partial charge in [0.05, 0.1) is 6.54 Å². The van der Waals surface area contributed by atoms with Crippen LogP contribution in [0, 0.1) is 0 Å². The number of carbonyl (C=O) groups excluding carboxylic acids is 2. The Morgan fingerprint density at radius 3 is 2.55 bits per heavy atom. The normalized spacial score (nSPS) is 20.7. The molecule has 1 aromatic carbocycles. The number of nitrogens with one attached hydrogen (secondary N) is 1. The summed E-state index contributed by atoms with van der Waals surface area (Å²) in [5.41, 5.74) is 0.849. The second kappa shape index (κ2) is 6.55. The number of nitrogens with zero attached hydrogens (tertiary/aromatic N) is 1. The van der Waals surface area contributed by atoms with Crippen LogP contribution >= 0.6 is 0 Å². The molecule has 2 rings (SSSR count). The van der Waals surface area contributed by atoms with Crippen LogP contribution in [0.4, 0.5) is 0 Å². The van der Waals surface area contributed by atoms with E-state index in [4.69, 9.17) is 0 Å². The highest BCUT2D eigenvalue weighted by Gasteiger charge is 2.36. The number of piperazine rings is 1. The van der Waals surface area contributed by atoms with Crippen LogP contribution in [-0.4, -0.2) is 29.3 Å². The summed E-state index contributed by atoms with van der Waals surface area (Å²) in [5, 5.41) is 2.80. The molecule has 108 valence electrons. The molecule has 0 radical (unpaired) electrons. The van der Waals surface area contributed by atoms with E-state index in [1.807, 2.05) is 30.3 Å². The molecule has 20 heavy (non-hydrogen) atoms. The third kappa shape index (κ3) is 3.00. The molecule has 0 aliphatic carbocycles. The topological polar surface area (TPSA) is 49.4 Å². The molecule has 2 amide bonds. The zero-order valence-electron chi connectivity index (χ0n) is 12.1. The van der Waals surface area contributed by atoms with Crippen molar-refractivity contribution in [2.75, 3.05) is 6.54 Å². The van der Waals surface area contributed by atoms with E-state index in [1.165, 1.54) is 0 Å². The molecule has 2 atom stereocenters. The maximum Gasteiger partial charge on any atom is 0.250 e. The number of hydrogen-bond donors (Lipinski definition) is 1. The third-order valence-electron chi connectivity index (χ3n) is 3.82. The van der Waals surface area contributed by atoms with Gasteiger partial charge in [0, 0.05) is 6.04 Å². The molecule has 4 nitrogen and oxygen atoms in total. The summed E-state index contributed by atoms with van der Waals surface area (Å²) < 4.78 is 0. The highest BCUT2D eigenvalue weighted by molar-refractivity contribution is 5.95. The lowest BCUT2D eigenvalue weighted by atomic mass is 10.00. The van der Waals surface area contributed by atoms with Crippen molar-refractivity contribution >= 4 is 11.8 Å². The van der Waals surface area contributed by atoms with Crippen LogP contribution in [0.25, 0.3) is 0 Å². The predicted molar refractivity (Wildman–Crippen MR) is 78.0 cm³/mol. The molecular weight excluding hydrogens is 252 g/mol. The molecule has 1 heterocycles. The summed E-state index contributed by atoms with van der Waals surface area (Å²) >= 11 is 0. The van der Waals surface area contributed by atoms with Gasteiger partial charge in [-0.15, -0.1) is 0 Å². The Kier molecular flexibility index (Phi) is 4.77. The van der Waals surface area contributed by atoms with E-state index in [2.05, 4.69) is 19.2 Å². The first-order chi connectivity index (χ1) is 9.67. The minimum absolute atomic E-state index is 0.0103. The smallest absolute Gasteiger partial charge is 0.250 e. The number of carbonyl (C=O) groups is 2. The molecule has 0 saturated carbocycles. The third-order valence-corrected chi connectivity index (χ3v) is 3.82. The fourth-order valence-corrected chi connectivity index (χ4v) is 2.76. The first kappa shape index (κ1) is 14.6. The maximum absolute atomic E-state index is 12.7. The van der Waals surface area contributed by atoms with Gasteiger partial charge in [-0.3, -0.25) is 9.59 Å². The van der Waals surface area contributed by atoms with Gasteiger partial charge >= 0.3 is 0 Å². The molecule has 0 aromatic heterocycles. The molecule has 1 aliphatic rings. The van der Waals surface area contributed by atoms with Crippen molar-refractivity contribution in [1.82, 2.24) is 10.2 Å². The minimum atomic E-state index is -0.539. The fraction of sp³-hybridized carbons (Fsp3) is 0.500.